The van der Waals surface area contributed by atoms with Gasteiger partial charge in [0.05, 0.1) is 0 Å². The summed E-state index contributed by atoms with van der Waals surface area (Å²) in [7, 11) is 0. The van der Waals surface area contributed by atoms with Crippen molar-refractivity contribution in [3.05, 3.63) is 23.5 Å². The van der Waals surface area contributed by atoms with Crippen LogP contribution in [0.5, 0.6) is 5.75 Å². The van der Waals surface area contributed by atoms with Crippen molar-refractivity contribution in [1.29, 1.82) is 0 Å². The van der Waals surface area contributed by atoms with Crippen molar-refractivity contribution in [2.24, 2.45) is 5.73 Å². The molecule has 1 heterocycles. The highest BCUT2D eigenvalue weighted by molar-refractivity contribution is 6.31. The van der Waals surface area contributed by atoms with Crippen LogP contribution in [0.4, 0.5) is 0 Å². The van der Waals surface area contributed by atoms with Gasteiger partial charge in [0, 0.05) is 24.0 Å². The first-order valence-electron chi connectivity index (χ1n) is 4.56. The molecule has 1 unspecified atom stereocenters. The number of nitrogens with zero attached hydrogens (tertiary/aromatic N) is 1. The summed E-state index contributed by atoms with van der Waals surface area (Å²) >= 11 is 5.87. The molecular weight excluding hydrogens is 200 g/mol. The molecule has 0 fully saturated rings. The molecule has 1 aromatic heterocycles. The van der Waals surface area contributed by atoms with Gasteiger partial charge in [0.2, 0.25) is 0 Å². The van der Waals surface area contributed by atoms with Crippen LogP contribution in [0, 0.1) is 0 Å². The second-order valence-electron chi connectivity index (χ2n) is 3.60. The summed E-state index contributed by atoms with van der Waals surface area (Å²) in [5.41, 5.74) is 5.62. The van der Waals surface area contributed by atoms with Gasteiger partial charge < -0.3 is 10.5 Å². The van der Waals surface area contributed by atoms with Crippen LogP contribution < -0.4 is 10.5 Å². The van der Waals surface area contributed by atoms with Crippen LogP contribution in [0.25, 0.3) is 0 Å². The molecule has 0 aliphatic heterocycles. The molecule has 2 N–H and O–H groups in total. The third-order valence-electron chi connectivity index (χ3n) is 2.10. The molecule has 1 rings (SSSR count). The molecule has 0 saturated heterocycles. The minimum absolute atomic E-state index is 0.313. The lowest BCUT2D eigenvalue weighted by Gasteiger charge is -2.22. The summed E-state index contributed by atoms with van der Waals surface area (Å²) < 4.78 is 5.50. The Bertz CT molecular complexity index is 302. The molecule has 0 radical (unpaired) electrons. The zero-order valence-corrected chi connectivity index (χ0v) is 9.21. The summed E-state index contributed by atoms with van der Waals surface area (Å²) in [6.07, 6.45) is 4.05. The van der Waals surface area contributed by atoms with E-state index in [4.69, 9.17) is 22.1 Å². The van der Waals surface area contributed by atoms with Gasteiger partial charge in [0.15, 0.2) is 0 Å². The van der Waals surface area contributed by atoms with Gasteiger partial charge in [-0.05, 0) is 13.3 Å². The van der Waals surface area contributed by atoms with E-state index in [9.17, 15) is 0 Å². The van der Waals surface area contributed by atoms with E-state index in [1.807, 2.05) is 13.8 Å². The second-order valence-corrected chi connectivity index (χ2v) is 4.01. The molecule has 0 aromatic carbocycles. The first-order valence-corrected chi connectivity index (χ1v) is 4.94. The standard InChI is InChI=1S/C10H15ClN2O/c1-3-10(2,12)7-14-9-4-5-13-6-8(9)11/h4-6H,3,7,12H2,1-2H3. The highest BCUT2D eigenvalue weighted by Crippen LogP contribution is 2.22. The normalized spacial score (nSPS) is 14.9. The zero-order valence-electron chi connectivity index (χ0n) is 8.46. The van der Waals surface area contributed by atoms with Gasteiger partial charge in [-0.2, -0.15) is 0 Å². The fourth-order valence-electron chi connectivity index (χ4n) is 0.824. The summed E-state index contributed by atoms with van der Waals surface area (Å²) in [6.45, 7) is 4.42. The first-order chi connectivity index (χ1) is 6.55. The maximum Gasteiger partial charge on any atom is 0.141 e. The number of aromatic nitrogens is 1. The fraction of sp³-hybridized carbons (Fsp3) is 0.500. The summed E-state index contributed by atoms with van der Waals surface area (Å²) in [6, 6.07) is 1.73. The lowest BCUT2D eigenvalue weighted by Crippen LogP contribution is -2.41. The molecule has 0 aliphatic carbocycles. The Labute approximate surface area is 89.2 Å². The van der Waals surface area contributed by atoms with Crippen molar-refractivity contribution < 1.29 is 4.74 Å². The summed E-state index contributed by atoms with van der Waals surface area (Å²) in [5, 5.41) is 0.513. The van der Waals surface area contributed by atoms with Crippen LogP contribution in [0.2, 0.25) is 5.02 Å². The Morgan fingerprint density at radius 3 is 2.93 bits per heavy atom. The van der Waals surface area contributed by atoms with E-state index in [-0.39, 0.29) is 5.54 Å². The Balaban J connectivity index is 2.58. The molecule has 1 aromatic rings. The van der Waals surface area contributed by atoms with Crippen molar-refractivity contribution in [3.8, 4) is 5.75 Å². The Hall–Kier alpha value is -0.800. The van der Waals surface area contributed by atoms with Crippen LogP contribution in [-0.4, -0.2) is 17.1 Å². The van der Waals surface area contributed by atoms with E-state index in [0.29, 0.717) is 17.4 Å². The second kappa shape index (κ2) is 4.62. The SMILES string of the molecule is CCC(C)(N)COc1ccncc1Cl. The highest BCUT2D eigenvalue weighted by Gasteiger charge is 2.16. The molecule has 14 heavy (non-hydrogen) atoms. The van der Waals surface area contributed by atoms with E-state index in [1.54, 1.807) is 18.5 Å². The molecule has 4 heteroatoms. The van der Waals surface area contributed by atoms with E-state index >= 15 is 0 Å². The maximum absolute atomic E-state index is 5.93. The topological polar surface area (TPSA) is 48.1 Å². The Kier molecular flexibility index (Phi) is 3.72. The number of hydrogen-bond donors (Lipinski definition) is 1. The molecule has 3 nitrogen and oxygen atoms in total. The van der Waals surface area contributed by atoms with Crippen LogP contribution in [0.1, 0.15) is 20.3 Å². The van der Waals surface area contributed by atoms with Crippen LogP contribution in [0.15, 0.2) is 18.5 Å². The molecule has 78 valence electrons. The van der Waals surface area contributed by atoms with E-state index in [0.717, 1.165) is 6.42 Å². The number of hydrogen-bond acceptors (Lipinski definition) is 3. The van der Waals surface area contributed by atoms with Gasteiger partial charge >= 0.3 is 0 Å². The molecule has 0 amide bonds. The van der Waals surface area contributed by atoms with Crippen molar-refractivity contribution in [2.45, 2.75) is 25.8 Å². The van der Waals surface area contributed by atoms with E-state index in [2.05, 4.69) is 4.98 Å². The number of pyridine rings is 1. The number of halogens is 1. The molecule has 0 bridgehead atoms. The molecular formula is C10H15ClN2O. The summed E-state index contributed by atoms with van der Waals surface area (Å²) in [5.74, 6) is 0.631. The quantitative estimate of drug-likeness (QED) is 0.837. The van der Waals surface area contributed by atoms with Gasteiger partial charge in [-0.3, -0.25) is 4.98 Å². The largest absolute Gasteiger partial charge is 0.490 e. The average Bonchev–Trinajstić information content (AvgIpc) is 2.17. The lowest BCUT2D eigenvalue weighted by molar-refractivity contribution is 0.226. The van der Waals surface area contributed by atoms with Crippen molar-refractivity contribution >= 4 is 11.6 Å². The monoisotopic (exact) mass is 214 g/mol. The van der Waals surface area contributed by atoms with Crippen molar-refractivity contribution in [3.63, 3.8) is 0 Å². The molecule has 0 spiro atoms. The van der Waals surface area contributed by atoms with Crippen LogP contribution >= 0.6 is 11.6 Å². The molecule has 0 saturated carbocycles. The fourth-order valence-corrected chi connectivity index (χ4v) is 0.998. The summed E-state index contributed by atoms with van der Waals surface area (Å²) in [4.78, 5) is 3.87. The lowest BCUT2D eigenvalue weighted by atomic mass is 10.0. The van der Waals surface area contributed by atoms with Gasteiger partial charge in [0.25, 0.3) is 0 Å². The highest BCUT2D eigenvalue weighted by atomic mass is 35.5. The van der Waals surface area contributed by atoms with Gasteiger partial charge in [0.1, 0.15) is 17.4 Å². The number of rotatable bonds is 4. The van der Waals surface area contributed by atoms with Crippen LogP contribution in [0.3, 0.4) is 0 Å². The van der Waals surface area contributed by atoms with E-state index in [1.165, 1.54) is 0 Å². The zero-order chi connectivity index (χ0) is 10.6. The molecule has 1 atom stereocenters. The van der Waals surface area contributed by atoms with Crippen molar-refractivity contribution in [1.82, 2.24) is 4.98 Å². The molecule has 0 aliphatic rings. The maximum atomic E-state index is 5.93. The smallest absolute Gasteiger partial charge is 0.141 e. The number of ether oxygens (including phenoxy) is 1. The third-order valence-corrected chi connectivity index (χ3v) is 2.38. The minimum Gasteiger partial charge on any atom is -0.490 e. The van der Waals surface area contributed by atoms with Gasteiger partial charge in [-0.1, -0.05) is 18.5 Å². The average molecular weight is 215 g/mol. The Morgan fingerprint density at radius 1 is 1.64 bits per heavy atom. The number of nitrogens with two attached hydrogens (primary N) is 1. The first kappa shape index (κ1) is 11.3. The van der Waals surface area contributed by atoms with Gasteiger partial charge in [-0.15, -0.1) is 0 Å². The third kappa shape index (κ3) is 3.16. The van der Waals surface area contributed by atoms with Crippen molar-refractivity contribution in [2.75, 3.05) is 6.61 Å². The van der Waals surface area contributed by atoms with Gasteiger partial charge in [-0.25, -0.2) is 0 Å². The predicted octanol–water partition coefficient (Wildman–Crippen LogP) is 2.24. The Morgan fingerprint density at radius 2 is 2.36 bits per heavy atom. The van der Waals surface area contributed by atoms with Crippen LogP contribution in [-0.2, 0) is 0 Å². The predicted molar refractivity (Wildman–Crippen MR) is 57.6 cm³/mol. The van der Waals surface area contributed by atoms with E-state index < -0.39 is 0 Å². The minimum atomic E-state index is -0.313.